The van der Waals surface area contributed by atoms with Crippen molar-refractivity contribution in [3.05, 3.63) is 54.4 Å². The zero-order valence-corrected chi connectivity index (χ0v) is 17.6. The Labute approximate surface area is 175 Å². The predicted octanol–water partition coefficient (Wildman–Crippen LogP) is 1.77. The molecule has 1 amide bonds. The van der Waals surface area contributed by atoms with Crippen molar-refractivity contribution in [3.63, 3.8) is 0 Å². The van der Waals surface area contributed by atoms with Crippen LogP contribution in [0.5, 0.6) is 0 Å². The highest BCUT2D eigenvalue weighted by molar-refractivity contribution is 7.90. The molecule has 0 saturated heterocycles. The van der Waals surface area contributed by atoms with Gasteiger partial charge in [-0.25, -0.2) is 4.98 Å². The van der Waals surface area contributed by atoms with E-state index in [1.807, 2.05) is 19.9 Å². The van der Waals surface area contributed by atoms with E-state index in [4.69, 9.17) is 5.11 Å². The molecule has 1 aromatic carbocycles. The summed E-state index contributed by atoms with van der Waals surface area (Å²) in [5.74, 6) is -0.160. The second-order valence-electron chi connectivity index (χ2n) is 7.10. The van der Waals surface area contributed by atoms with Gasteiger partial charge in [0.2, 0.25) is 0 Å². The van der Waals surface area contributed by atoms with Crippen molar-refractivity contribution in [1.82, 2.24) is 19.4 Å². The Morgan fingerprint density at radius 1 is 1.20 bits per heavy atom. The molecule has 10 heteroatoms. The molecule has 0 aliphatic carbocycles. The number of anilines is 1. The van der Waals surface area contributed by atoms with E-state index in [0.717, 1.165) is 5.56 Å². The van der Waals surface area contributed by atoms with Crippen LogP contribution in [0, 0.1) is 0 Å². The monoisotopic (exact) mass is 431 g/mol. The van der Waals surface area contributed by atoms with Gasteiger partial charge < -0.3 is 14.8 Å². The number of amides is 1. The van der Waals surface area contributed by atoms with Gasteiger partial charge in [0.25, 0.3) is 16.1 Å². The molecule has 0 saturated carbocycles. The summed E-state index contributed by atoms with van der Waals surface area (Å²) in [6.07, 6.45) is 3.83. The summed E-state index contributed by atoms with van der Waals surface area (Å²) in [6.45, 7) is 3.85. The molecular weight excluding hydrogens is 406 g/mol. The van der Waals surface area contributed by atoms with Gasteiger partial charge in [0.15, 0.2) is 0 Å². The number of pyridine rings is 1. The molecule has 160 valence electrons. The number of hydrogen-bond acceptors (Lipinski definition) is 5. The summed E-state index contributed by atoms with van der Waals surface area (Å²) in [7, 11) is -3.74. The Hall–Kier alpha value is -2.95. The van der Waals surface area contributed by atoms with Crippen molar-refractivity contribution in [2.45, 2.75) is 26.3 Å². The van der Waals surface area contributed by atoms with Crippen LogP contribution in [-0.2, 0) is 10.2 Å². The van der Waals surface area contributed by atoms with E-state index in [-0.39, 0.29) is 25.1 Å². The van der Waals surface area contributed by atoms with Crippen LogP contribution in [0.25, 0.3) is 16.9 Å². The number of rotatable bonds is 9. The average Bonchev–Trinajstić information content (AvgIpc) is 3.11. The van der Waals surface area contributed by atoms with Crippen LogP contribution in [0.4, 0.5) is 5.69 Å². The smallest absolute Gasteiger partial charge is 0.299 e. The molecule has 0 atom stereocenters. The van der Waals surface area contributed by atoms with Gasteiger partial charge in [-0.1, -0.05) is 12.1 Å². The molecular formula is C20H25N5O4S. The van der Waals surface area contributed by atoms with Gasteiger partial charge in [-0.2, -0.15) is 13.1 Å². The summed E-state index contributed by atoms with van der Waals surface area (Å²) in [4.78, 5) is 16.8. The first-order chi connectivity index (χ1) is 14.3. The number of fused-ring (bicyclic) bond motifs is 1. The van der Waals surface area contributed by atoms with Crippen LogP contribution in [0.3, 0.4) is 0 Å². The number of aliphatic hydroxyl groups excluding tert-OH is 1. The number of benzene rings is 1. The van der Waals surface area contributed by atoms with Crippen molar-refractivity contribution in [2.75, 3.05) is 17.9 Å². The van der Waals surface area contributed by atoms with E-state index < -0.39 is 10.2 Å². The second kappa shape index (κ2) is 9.24. The molecule has 3 aromatic rings. The lowest BCUT2D eigenvalue weighted by atomic mass is 10.1. The summed E-state index contributed by atoms with van der Waals surface area (Å²) in [5, 5.41) is 11.6. The van der Waals surface area contributed by atoms with Crippen LogP contribution in [0.2, 0.25) is 0 Å². The zero-order chi connectivity index (χ0) is 21.7. The second-order valence-corrected chi connectivity index (χ2v) is 8.60. The van der Waals surface area contributed by atoms with Crippen LogP contribution in [0.15, 0.2) is 48.8 Å². The predicted molar refractivity (Wildman–Crippen MR) is 115 cm³/mol. The molecule has 0 unspecified atom stereocenters. The summed E-state index contributed by atoms with van der Waals surface area (Å²) < 4.78 is 30.7. The van der Waals surface area contributed by atoms with Crippen molar-refractivity contribution in [2.24, 2.45) is 0 Å². The third-order valence-electron chi connectivity index (χ3n) is 4.17. The lowest BCUT2D eigenvalue weighted by molar-refractivity contribution is 0.0942. The summed E-state index contributed by atoms with van der Waals surface area (Å²) in [6, 6.07) is 10.4. The minimum Gasteiger partial charge on any atom is -0.396 e. The molecule has 2 heterocycles. The molecule has 0 bridgehead atoms. The number of aliphatic hydroxyl groups is 1. The number of nitrogens with one attached hydrogen (secondary N) is 3. The number of imidazole rings is 1. The fourth-order valence-corrected chi connectivity index (χ4v) is 3.75. The highest BCUT2D eigenvalue weighted by atomic mass is 32.2. The molecule has 2 aromatic heterocycles. The highest BCUT2D eigenvalue weighted by Crippen LogP contribution is 2.23. The van der Waals surface area contributed by atoms with Gasteiger partial charge in [0.1, 0.15) is 5.65 Å². The zero-order valence-electron chi connectivity index (χ0n) is 16.8. The van der Waals surface area contributed by atoms with Gasteiger partial charge in [-0.15, -0.1) is 0 Å². The number of carbonyl (C=O) groups is 1. The Kier molecular flexibility index (Phi) is 6.70. The highest BCUT2D eigenvalue weighted by Gasteiger charge is 2.12. The van der Waals surface area contributed by atoms with Crippen LogP contribution < -0.4 is 14.8 Å². The molecule has 0 fully saturated rings. The molecule has 0 radical (unpaired) electrons. The maximum atomic E-state index is 12.2. The standard InChI is InChI=1S/C20H25N5O4S/c1-14(2)22-20(27)16-7-8-19-23-18(13-25(19)12-16)15-5-3-6-17(11-15)24-30(28,29)21-9-4-10-26/h3,5-8,11-14,21,24,26H,4,9-10H2,1-2H3,(H,22,27). The van der Waals surface area contributed by atoms with E-state index in [0.29, 0.717) is 29.0 Å². The van der Waals surface area contributed by atoms with E-state index >= 15 is 0 Å². The number of nitrogens with zero attached hydrogens (tertiary/aromatic N) is 2. The van der Waals surface area contributed by atoms with Crippen LogP contribution >= 0.6 is 0 Å². The number of carbonyl (C=O) groups excluding carboxylic acids is 1. The van der Waals surface area contributed by atoms with Crippen molar-refractivity contribution in [1.29, 1.82) is 0 Å². The fourth-order valence-electron chi connectivity index (χ4n) is 2.83. The third kappa shape index (κ3) is 5.56. The van der Waals surface area contributed by atoms with Gasteiger partial charge >= 0.3 is 0 Å². The van der Waals surface area contributed by atoms with E-state index in [2.05, 4.69) is 19.7 Å². The Morgan fingerprint density at radius 2 is 2.00 bits per heavy atom. The van der Waals surface area contributed by atoms with Gasteiger partial charge in [0, 0.05) is 37.2 Å². The van der Waals surface area contributed by atoms with Crippen molar-refractivity contribution in [3.8, 4) is 11.3 Å². The normalized spacial score (nSPS) is 11.7. The van der Waals surface area contributed by atoms with Crippen LogP contribution in [0.1, 0.15) is 30.6 Å². The minimum absolute atomic E-state index is 0.0381. The van der Waals surface area contributed by atoms with Crippen LogP contribution in [-0.4, -0.2) is 48.0 Å². The fraction of sp³-hybridized carbons (Fsp3) is 0.300. The lowest BCUT2D eigenvalue weighted by Gasteiger charge is -2.09. The molecule has 30 heavy (non-hydrogen) atoms. The van der Waals surface area contributed by atoms with E-state index in [9.17, 15) is 13.2 Å². The summed E-state index contributed by atoms with van der Waals surface area (Å²) >= 11 is 0. The van der Waals surface area contributed by atoms with Gasteiger partial charge in [-0.05, 0) is 44.5 Å². The molecule has 4 N–H and O–H groups in total. The maximum Gasteiger partial charge on any atom is 0.299 e. The first-order valence-electron chi connectivity index (χ1n) is 9.56. The molecule has 9 nitrogen and oxygen atoms in total. The Morgan fingerprint density at radius 3 is 2.73 bits per heavy atom. The van der Waals surface area contributed by atoms with E-state index in [1.165, 1.54) is 0 Å². The lowest BCUT2D eigenvalue weighted by Crippen LogP contribution is -2.31. The Bertz CT molecular complexity index is 1140. The maximum absolute atomic E-state index is 12.2. The number of aromatic nitrogens is 2. The third-order valence-corrected chi connectivity index (χ3v) is 5.26. The molecule has 0 spiro atoms. The minimum atomic E-state index is -3.74. The first-order valence-corrected chi connectivity index (χ1v) is 11.0. The SMILES string of the molecule is CC(C)NC(=O)c1ccc2nc(-c3cccc(NS(=O)(=O)NCCCO)c3)cn2c1. The molecule has 0 aliphatic rings. The van der Waals surface area contributed by atoms with E-state index in [1.54, 1.807) is 47.1 Å². The molecule has 0 aliphatic heterocycles. The van der Waals surface area contributed by atoms with Crippen molar-refractivity contribution >= 4 is 27.5 Å². The van der Waals surface area contributed by atoms with Gasteiger partial charge in [0.05, 0.1) is 16.9 Å². The van der Waals surface area contributed by atoms with Gasteiger partial charge in [-0.3, -0.25) is 9.52 Å². The molecule has 3 rings (SSSR count). The largest absolute Gasteiger partial charge is 0.396 e. The quantitative estimate of drug-likeness (QED) is 0.384. The Balaban J connectivity index is 1.82. The topological polar surface area (TPSA) is 125 Å². The number of hydrogen-bond donors (Lipinski definition) is 4. The average molecular weight is 432 g/mol. The first kappa shape index (κ1) is 21.8. The van der Waals surface area contributed by atoms with Crippen molar-refractivity contribution < 1.29 is 18.3 Å². The summed E-state index contributed by atoms with van der Waals surface area (Å²) in [5.41, 5.74) is 2.95.